The van der Waals surface area contributed by atoms with Gasteiger partial charge in [0.2, 0.25) is 0 Å². The number of nitrogens with zero attached hydrogens (tertiary/aromatic N) is 1. The Morgan fingerprint density at radius 3 is 2.64 bits per heavy atom. The van der Waals surface area contributed by atoms with Crippen LogP contribution in [0, 0.1) is 0 Å². The summed E-state index contributed by atoms with van der Waals surface area (Å²) in [5, 5.41) is 10.4. The molecule has 0 radical (unpaired) electrons. The number of hydrogen-bond acceptors (Lipinski definition) is 4. The number of likely N-dealkylation sites (N-methyl/N-ethyl adjacent to an activating group) is 1. The fraction of sp³-hybridized carbons (Fsp3) is 0.471. The normalized spacial score (nSPS) is 11.4. The minimum Gasteiger partial charge on any atom is -0.477 e. The molecular weight excluding hydrogens is 298 g/mol. The summed E-state index contributed by atoms with van der Waals surface area (Å²) in [6.45, 7) is 8.49. The molecule has 1 heterocycles. The minimum absolute atomic E-state index is 0.438. The zero-order valence-electron chi connectivity index (χ0n) is 13.2. The van der Waals surface area contributed by atoms with Crippen molar-refractivity contribution in [1.29, 1.82) is 0 Å². The summed E-state index contributed by atoms with van der Waals surface area (Å²) in [6.07, 6.45) is 0.643. The lowest BCUT2D eigenvalue weighted by molar-refractivity contribution is 0.0700. The van der Waals surface area contributed by atoms with Crippen LogP contribution in [0.1, 0.15) is 29.1 Å². The summed E-state index contributed by atoms with van der Waals surface area (Å²) in [7, 11) is 0. The summed E-state index contributed by atoms with van der Waals surface area (Å²) in [5.74, 6) is -0.848. The molecule has 1 aromatic carbocycles. The second kappa shape index (κ2) is 8.27. The summed E-state index contributed by atoms with van der Waals surface area (Å²) in [4.78, 5) is 14.2. The van der Waals surface area contributed by atoms with Gasteiger partial charge >= 0.3 is 5.97 Å². The number of carbonyl (C=O) groups is 1. The second-order valence-electron chi connectivity index (χ2n) is 5.10. The first-order valence-electron chi connectivity index (χ1n) is 7.71. The van der Waals surface area contributed by atoms with Gasteiger partial charge < -0.3 is 14.7 Å². The van der Waals surface area contributed by atoms with Gasteiger partial charge in [-0.05, 0) is 36.5 Å². The van der Waals surface area contributed by atoms with Crippen molar-refractivity contribution in [2.45, 2.75) is 20.3 Å². The monoisotopic (exact) mass is 321 g/mol. The first-order valence-corrected chi connectivity index (χ1v) is 8.52. The van der Waals surface area contributed by atoms with E-state index < -0.39 is 5.97 Å². The Labute approximate surface area is 135 Å². The van der Waals surface area contributed by atoms with E-state index in [-0.39, 0.29) is 0 Å². The van der Waals surface area contributed by atoms with Crippen molar-refractivity contribution in [3.63, 3.8) is 0 Å². The summed E-state index contributed by atoms with van der Waals surface area (Å²) < 4.78 is 6.72. The number of carboxylic acid groups (broad SMARTS) is 1. The fourth-order valence-electron chi connectivity index (χ4n) is 2.53. The molecule has 0 aliphatic carbocycles. The Morgan fingerprint density at radius 2 is 1.95 bits per heavy atom. The molecule has 1 aromatic heterocycles. The van der Waals surface area contributed by atoms with Crippen molar-refractivity contribution in [3.05, 3.63) is 34.7 Å². The Hall–Kier alpha value is -1.43. The summed E-state index contributed by atoms with van der Waals surface area (Å²) >= 11 is 1.34. The van der Waals surface area contributed by atoms with Gasteiger partial charge in [0, 0.05) is 11.2 Å². The lowest BCUT2D eigenvalue weighted by Crippen LogP contribution is -2.27. The highest BCUT2D eigenvalue weighted by molar-refractivity contribution is 7.21. The SMILES string of the molecule is CCN(CC)CCOCCc1c(C(=O)O)sc2ccccc12. The molecule has 0 fully saturated rings. The molecule has 0 aliphatic rings. The van der Waals surface area contributed by atoms with Crippen molar-refractivity contribution in [1.82, 2.24) is 4.90 Å². The van der Waals surface area contributed by atoms with E-state index in [9.17, 15) is 9.90 Å². The molecule has 120 valence electrons. The maximum Gasteiger partial charge on any atom is 0.346 e. The average Bonchev–Trinajstić information content (AvgIpc) is 2.90. The molecule has 2 rings (SSSR count). The number of carboxylic acids is 1. The maximum atomic E-state index is 11.4. The third-order valence-electron chi connectivity index (χ3n) is 3.84. The van der Waals surface area contributed by atoms with E-state index in [1.807, 2.05) is 24.3 Å². The number of hydrogen-bond donors (Lipinski definition) is 1. The van der Waals surface area contributed by atoms with E-state index in [4.69, 9.17) is 4.74 Å². The molecule has 0 aliphatic heterocycles. The van der Waals surface area contributed by atoms with Gasteiger partial charge in [-0.25, -0.2) is 4.79 Å². The van der Waals surface area contributed by atoms with Crippen LogP contribution in [-0.4, -0.2) is 48.8 Å². The summed E-state index contributed by atoms with van der Waals surface area (Å²) in [6, 6.07) is 7.85. The zero-order valence-corrected chi connectivity index (χ0v) is 14.0. The number of aromatic carboxylic acids is 1. The number of benzene rings is 1. The van der Waals surface area contributed by atoms with Gasteiger partial charge in [0.1, 0.15) is 4.88 Å². The van der Waals surface area contributed by atoms with Crippen molar-refractivity contribution in [2.24, 2.45) is 0 Å². The van der Waals surface area contributed by atoms with Gasteiger partial charge in [-0.15, -0.1) is 11.3 Å². The molecule has 0 atom stereocenters. The predicted octanol–water partition coefficient (Wildman–Crippen LogP) is 3.50. The van der Waals surface area contributed by atoms with Gasteiger partial charge in [-0.3, -0.25) is 0 Å². The minimum atomic E-state index is -0.848. The standard InChI is InChI=1S/C17H23NO3S/c1-3-18(4-2)10-12-21-11-9-14-13-7-5-6-8-15(13)22-16(14)17(19)20/h5-8H,3-4,9-12H2,1-2H3,(H,19,20). The molecule has 4 nitrogen and oxygen atoms in total. The Kier molecular flexibility index (Phi) is 6.36. The molecule has 1 N–H and O–H groups in total. The van der Waals surface area contributed by atoms with E-state index in [1.54, 1.807) is 0 Å². The zero-order chi connectivity index (χ0) is 15.9. The summed E-state index contributed by atoms with van der Waals surface area (Å²) in [5.41, 5.74) is 0.899. The van der Waals surface area contributed by atoms with Gasteiger partial charge in [0.05, 0.1) is 13.2 Å². The van der Waals surface area contributed by atoms with Crippen LogP contribution >= 0.6 is 11.3 Å². The van der Waals surface area contributed by atoms with E-state index in [2.05, 4.69) is 18.7 Å². The average molecular weight is 321 g/mol. The highest BCUT2D eigenvalue weighted by Gasteiger charge is 2.17. The van der Waals surface area contributed by atoms with Crippen LogP contribution < -0.4 is 0 Å². The highest BCUT2D eigenvalue weighted by atomic mass is 32.1. The van der Waals surface area contributed by atoms with Crippen LogP contribution in [0.3, 0.4) is 0 Å². The first-order chi connectivity index (χ1) is 10.7. The van der Waals surface area contributed by atoms with Crippen molar-refractivity contribution in [3.8, 4) is 0 Å². The topological polar surface area (TPSA) is 49.8 Å². The predicted molar refractivity (Wildman–Crippen MR) is 91.1 cm³/mol. The number of rotatable bonds is 9. The first kappa shape index (κ1) is 16.9. The van der Waals surface area contributed by atoms with Gasteiger partial charge in [-0.1, -0.05) is 32.0 Å². The van der Waals surface area contributed by atoms with Gasteiger partial charge in [0.15, 0.2) is 0 Å². The maximum absolute atomic E-state index is 11.4. The van der Waals surface area contributed by atoms with Crippen molar-refractivity contribution >= 4 is 27.4 Å². The fourth-order valence-corrected chi connectivity index (χ4v) is 3.62. The Balaban J connectivity index is 1.96. The van der Waals surface area contributed by atoms with Crippen molar-refractivity contribution < 1.29 is 14.6 Å². The van der Waals surface area contributed by atoms with Crippen LogP contribution in [0.25, 0.3) is 10.1 Å². The van der Waals surface area contributed by atoms with E-state index in [0.717, 1.165) is 35.3 Å². The van der Waals surface area contributed by atoms with E-state index in [1.165, 1.54) is 11.3 Å². The van der Waals surface area contributed by atoms with Crippen LogP contribution in [0.15, 0.2) is 24.3 Å². The van der Waals surface area contributed by atoms with Gasteiger partial charge in [0.25, 0.3) is 0 Å². The molecular formula is C17H23NO3S. The molecule has 22 heavy (non-hydrogen) atoms. The van der Waals surface area contributed by atoms with E-state index >= 15 is 0 Å². The third-order valence-corrected chi connectivity index (χ3v) is 5.04. The second-order valence-corrected chi connectivity index (χ2v) is 6.15. The third kappa shape index (κ3) is 4.06. The number of thiophene rings is 1. The Morgan fingerprint density at radius 1 is 1.23 bits per heavy atom. The molecule has 0 saturated heterocycles. The molecule has 0 amide bonds. The lowest BCUT2D eigenvalue weighted by atomic mass is 10.1. The largest absolute Gasteiger partial charge is 0.477 e. The molecule has 0 bridgehead atoms. The molecule has 0 spiro atoms. The number of ether oxygens (including phenoxy) is 1. The lowest BCUT2D eigenvalue weighted by Gasteiger charge is -2.17. The molecule has 2 aromatic rings. The molecule has 0 unspecified atom stereocenters. The quantitative estimate of drug-likeness (QED) is 0.718. The smallest absolute Gasteiger partial charge is 0.346 e. The Bertz CT molecular complexity index is 619. The number of fused-ring (bicyclic) bond motifs is 1. The highest BCUT2D eigenvalue weighted by Crippen LogP contribution is 2.31. The van der Waals surface area contributed by atoms with E-state index in [0.29, 0.717) is 24.5 Å². The van der Waals surface area contributed by atoms with Crippen LogP contribution in [0.2, 0.25) is 0 Å². The molecule has 0 saturated carbocycles. The van der Waals surface area contributed by atoms with Gasteiger partial charge in [-0.2, -0.15) is 0 Å². The molecule has 5 heteroatoms. The van der Waals surface area contributed by atoms with Crippen LogP contribution in [0.4, 0.5) is 0 Å². The van der Waals surface area contributed by atoms with Crippen LogP contribution in [-0.2, 0) is 11.2 Å². The van der Waals surface area contributed by atoms with Crippen molar-refractivity contribution in [2.75, 3.05) is 32.8 Å². The van der Waals surface area contributed by atoms with Crippen LogP contribution in [0.5, 0.6) is 0 Å².